The third-order valence-corrected chi connectivity index (χ3v) is 8.15. The summed E-state index contributed by atoms with van der Waals surface area (Å²) in [5.74, 6) is 0.747. The fourth-order valence-electron chi connectivity index (χ4n) is 4.29. The van der Waals surface area contributed by atoms with Gasteiger partial charge in [-0.05, 0) is 67.3 Å². The van der Waals surface area contributed by atoms with Gasteiger partial charge in [0.25, 0.3) is 0 Å². The summed E-state index contributed by atoms with van der Waals surface area (Å²) in [5.41, 5.74) is 5.26. The highest BCUT2D eigenvalue weighted by Crippen LogP contribution is 2.34. The average molecular weight is 538 g/mol. The van der Waals surface area contributed by atoms with Crippen molar-refractivity contribution in [3.05, 3.63) is 88.9 Å². The minimum Gasteiger partial charge on any atom is -0.497 e. The van der Waals surface area contributed by atoms with Crippen molar-refractivity contribution in [2.45, 2.75) is 43.9 Å². The van der Waals surface area contributed by atoms with Crippen LogP contribution in [-0.2, 0) is 22.9 Å². The molecule has 0 fully saturated rings. The van der Waals surface area contributed by atoms with Gasteiger partial charge in [-0.1, -0.05) is 61.7 Å². The molecule has 1 heterocycles. The van der Waals surface area contributed by atoms with Crippen LogP contribution in [-0.4, -0.2) is 32.3 Å². The molecule has 0 unspecified atom stereocenters. The largest absolute Gasteiger partial charge is 0.497 e. The van der Waals surface area contributed by atoms with E-state index in [1.807, 2.05) is 60.7 Å². The Hall–Kier alpha value is -3.13. The van der Waals surface area contributed by atoms with E-state index < -0.39 is 10.0 Å². The van der Waals surface area contributed by atoms with Gasteiger partial charge in [0.05, 0.1) is 23.4 Å². The first-order valence-corrected chi connectivity index (χ1v) is 14.3. The van der Waals surface area contributed by atoms with Crippen molar-refractivity contribution >= 4 is 21.6 Å². The van der Waals surface area contributed by atoms with E-state index in [9.17, 15) is 8.42 Å². The molecule has 0 bridgehead atoms. The zero-order valence-electron chi connectivity index (χ0n) is 21.1. The second-order valence-corrected chi connectivity index (χ2v) is 11.1. The van der Waals surface area contributed by atoms with Crippen molar-refractivity contribution in [2.75, 3.05) is 13.7 Å². The summed E-state index contributed by atoms with van der Waals surface area (Å²) in [7, 11) is -2.03. The van der Waals surface area contributed by atoms with E-state index in [4.69, 9.17) is 16.3 Å². The SMILES string of the molecule is CCCCCc1ccc(S(=O)(=O)NCCc2c(-c3ccc(OC)cc3)n[nH]c2-c2ccccc2Cl)cc1. The molecule has 37 heavy (non-hydrogen) atoms. The number of benzene rings is 3. The maximum absolute atomic E-state index is 13.0. The van der Waals surface area contributed by atoms with E-state index in [-0.39, 0.29) is 11.4 Å². The molecule has 0 aliphatic heterocycles. The highest BCUT2D eigenvalue weighted by molar-refractivity contribution is 7.89. The van der Waals surface area contributed by atoms with Crippen molar-refractivity contribution in [1.29, 1.82) is 0 Å². The van der Waals surface area contributed by atoms with Crippen LogP contribution in [0.25, 0.3) is 22.5 Å². The number of halogens is 1. The normalized spacial score (nSPS) is 11.5. The summed E-state index contributed by atoms with van der Waals surface area (Å²) in [6.45, 7) is 2.38. The zero-order chi connectivity index (χ0) is 26.3. The smallest absolute Gasteiger partial charge is 0.240 e. The molecule has 0 amide bonds. The predicted molar refractivity (Wildman–Crippen MR) is 150 cm³/mol. The van der Waals surface area contributed by atoms with Gasteiger partial charge in [0, 0.05) is 28.3 Å². The second-order valence-electron chi connectivity index (χ2n) is 8.88. The van der Waals surface area contributed by atoms with Gasteiger partial charge in [0.1, 0.15) is 5.75 Å². The Morgan fingerprint density at radius 1 is 0.946 bits per heavy atom. The minimum absolute atomic E-state index is 0.209. The Morgan fingerprint density at radius 2 is 1.68 bits per heavy atom. The Bertz CT molecular complexity index is 1420. The van der Waals surface area contributed by atoms with Crippen molar-refractivity contribution in [3.63, 3.8) is 0 Å². The van der Waals surface area contributed by atoms with E-state index in [0.717, 1.165) is 58.7 Å². The molecule has 4 aromatic rings. The number of aryl methyl sites for hydroxylation is 1. The number of unbranched alkanes of at least 4 members (excludes halogenated alkanes) is 2. The monoisotopic (exact) mass is 537 g/mol. The number of nitrogens with one attached hydrogen (secondary N) is 2. The lowest BCUT2D eigenvalue weighted by Crippen LogP contribution is -2.26. The van der Waals surface area contributed by atoms with Crippen molar-refractivity contribution < 1.29 is 13.2 Å². The molecule has 6 nitrogen and oxygen atoms in total. The van der Waals surface area contributed by atoms with Crippen LogP contribution >= 0.6 is 11.6 Å². The topological polar surface area (TPSA) is 84.1 Å². The lowest BCUT2D eigenvalue weighted by molar-refractivity contribution is 0.415. The van der Waals surface area contributed by atoms with Crippen LogP contribution in [0.1, 0.15) is 37.3 Å². The molecule has 194 valence electrons. The zero-order valence-corrected chi connectivity index (χ0v) is 22.7. The molecule has 1 aromatic heterocycles. The molecule has 0 aliphatic carbocycles. The van der Waals surface area contributed by atoms with E-state index in [2.05, 4.69) is 21.8 Å². The number of H-pyrrole nitrogens is 1. The van der Waals surface area contributed by atoms with Crippen LogP contribution in [0.15, 0.2) is 77.7 Å². The van der Waals surface area contributed by atoms with Gasteiger partial charge in [-0.25, -0.2) is 13.1 Å². The van der Waals surface area contributed by atoms with Gasteiger partial charge >= 0.3 is 0 Å². The first-order chi connectivity index (χ1) is 17.9. The number of ether oxygens (including phenoxy) is 1. The van der Waals surface area contributed by atoms with Crippen molar-refractivity contribution in [3.8, 4) is 28.3 Å². The minimum atomic E-state index is -3.65. The standard InChI is InChI=1S/C29H32ClN3O3S/c1-3-4-5-8-21-11-17-24(18-12-21)37(34,35)31-20-19-26-28(22-13-15-23(36-2)16-14-22)32-33-29(26)25-9-6-7-10-27(25)30/h6-7,9-18,31H,3-5,8,19-20H2,1-2H3,(H,32,33). The first kappa shape index (κ1) is 26.9. The van der Waals surface area contributed by atoms with Crippen LogP contribution < -0.4 is 9.46 Å². The highest BCUT2D eigenvalue weighted by Gasteiger charge is 2.20. The van der Waals surface area contributed by atoms with Gasteiger partial charge in [-0.15, -0.1) is 0 Å². The second kappa shape index (κ2) is 12.4. The molecule has 2 N–H and O–H groups in total. The predicted octanol–water partition coefficient (Wildman–Crippen LogP) is 6.66. The third-order valence-electron chi connectivity index (χ3n) is 6.34. The van der Waals surface area contributed by atoms with Crippen LogP contribution in [0.5, 0.6) is 5.75 Å². The maximum Gasteiger partial charge on any atom is 0.240 e. The lowest BCUT2D eigenvalue weighted by atomic mass is 9.99. The summed E-state index contributed by atoms with van der Waals surface area (Å²) >= 11 is 6.49. The fourth-order valence-corrected chi connectivity index (χ4v) is 5.55. The molecule has 4 rings (SSSR count). The number of aromatic nitrogens is 2. The third kappa shape index (κ3) is 6.60. The van der Waals surface area contributed by atoms with Gasteiger partial charge in [-0.3, -0.25) is 5.10 Å². The Labute approximate surface area is 224 Å². The van der Waals surface area contributed by atoms with Crippen molar-refractivity contribution in [2.24, 2.45) is 0 Å². The van der Waals surface area contributed by atoms with Crippen LogP contribution in [0, 0.1) is 0 Å². The van der Waals surface area contributed by atoms with Gasteiger partial charge in [0.15, 0.2) is 0 Å². The van der Waals surface area contributed by atoms with E-state index in [0.29, 0.717) is 11.4 Å². The van der Waals surface area contributed by atoms with Gasteiger partial charge < -0.3 is 4.74 Å². The fraction of sp³-hybridized carbons (Fsp3) is 0.276. The van der Waals surface area contributed by atoms with Gasteiger partial charge in [0.2, 0.25) is 10.0 Å². The number of sulfonamides is 1. The highest BCUT2D eigenvalue weighted by atomic mass is 35.5. The summed E-state index contributed by atoms with van der Waals surface area (Å²) in [6, 6.07) is 22.3. The Kier molecular flexibility index (Phi) is 9.03. The summed E-state index contributed by atoms with van der Waals surface area (Å²) in [4.78, 5) is 0.264. The molecule has 0 saturated carbocycles. The number of rotatable bonds is 12. The lowest BCUT2D eigenvalue weighted by Gasteiger charge is -2.11. The molecule has 0 spiro atoms. The number of methoxy groups -OCH3 is 1. The number of hydrogen-bond acceptors (Lipinski definition) is 4. The molecule has 0 radical (unpaired) electrons. The Morgan fingerprint density at radius 3 is 2.35 bits per heavy atom. The quantitative estimate of drug-likeness (QED) is 0.198. The van der Waals surface area contributed by atoms with Crippen LogP contribution in [0.2, 0.25) is 5.02 Å². The Balaban J connectivity index is 1.55. The van der Waals surface area contributed by atoms with E-state index >= 15 is 0 Å². The maximum atomic E-state index is 13.0. The van der Waals surface area contributed by atoms with E-state index in [1.165, 1.54) is 6.42 Å². The van der Waals surface area contributed by atoms with E-state index in [1.54, 1.807) is 19.2 Å². The molecule has 0 atom stereocenters. The summed E-state index contributed by atoms with van der Waals surface area (Å²) in [6.07, 6.45) is 4.82. The molecule has 0 saturated heterocycles. The van der Waals surface area contributed by atoms with Crippen LogP contribution in [0.3, 0.4) is 0 Å². The molecule has 8 heteroatoms. The van der Waals surface area contributed by atoms with Gasteiger partial charge in [-0.2, -0.15) is 5.10 Å². The number of hydrogen-bond donors (Lipinski definition) is 2. The molecular weight excluding hydrogens is 506 g/mol. The molecule has 0 aliphatic rings. The average Bonchev–Trinajstić information content (AvgIpc) is 3.33. The van der Waals surface area contributed by atoms with Crippen molar-refractivity contribution in [1.82, 2.24) is 14.9 Å². The molecular formula is C29H32ClN3O3S. The molecule has 3 aromatic carbocycles. The summed E-state index contributed by atoms with van der Waals surface area (Å²) < 4.78 is 34.0. The number of nitrogens with zero attached hydrogens (tertiary/aromatic N) is 1. The van der Waals surface area contributed by atoms with Crippen LogP contribution in [0.4, 0.5) is 0 Å². The summed E-state index contributed by atoms with van der Waals surface area (Å²) in [5, 5.41) is 8.28. The first-order valence-electron chi connectivity index (χ1n) is 12.5. The number of aromatic amines is 1.